The van der Waals surface area contributed by atoms with Crippen LogP contribution >= 0.6 is 28.6 Å². The van der Waals surface area contributed by atoms with Gasteiger partial charge in [0.15, 0.2) is 46.0 Å². The number of hydrogen-bond acceptors (Lipinski definition) is 16. The molecule has 20 heteroatoms. The summed E-state index contributed by atoms with van der Waals surface area (Å²) < 4.78 is 153. The maximum absolute atomic E-state index is 15.9. The molecule has 13 rings (SSSR count). The lowest BCUT2D eigenvalue weighted by molar-refractivity contribution is 0.249. The van der Waals surface area contributed by atoms with Crippen molar-refractivity contribution in [3.63, 3.8) is 0 Å². The Morgan fingerprint density at radius 3 is 0.493 bits per heavy atom. The lowest BCUT2D eigenvalue weighted by Crippen LogP contribution is -2.19. The maximum Gasteiger partial charge on any atom is 0.204 e. The van der Waals surface area contributed by atoms with Crippen LogP contribution in [0.1, 0.15) is 278 Å². The topological polar surface area (TPSA) is 179 Å². The molecule has 0 fully saturated rings. The Balaban J connectivity index is 1.12. The Labute approximate surface area is 860 Å². The minimum atomic E-state index is -3.15. The molecule has 12 aromatic rings. The molecule has 0 spiro atoms. The van der Waals surface area contributed by atoms with Crippen molar-refractivity contribution in [2.45, 2.75) is 233 Å². The van der Waals surface area contributed by atoms with E-state index in [0.717, 1.165) is 164 Å². The van der Waals surface area contributed by atoms with E-state index in [9.17, 15) is 0 Å². The molecule has 0 N–H and O–H groups in total. The van der Waals surface area contributed by atoms with Gasteiger partial charge in [-0.2, -0.15) is 0 Å². The Kier molecular flexibility index (Phi) is 43.1. The normalized spacial score (nSPS) is 14.2. The van der Waals surface area contributed by atoms with Gasteiger partial charge in [-0.3, -0.25) is 0 Å². The first-order valence-electron chi connectivity index (χ1n) is 53.4. The molecule has 0 saturated heterocycles. The molecule has 0 amide bonds. The molecule has 0 radical (unpaired) electrons. The van der Waals surface area contributed by atoms with Crippen molar-refractivity contribution in [2.75, 3.05) is 106 Å². The number of fused-ring (bicyclic) bond motifs is 8. The smallest absolute Gasteiger partial charge is 0.204 e. The summed E-state index contributed by atoms with van der Waals surface area (Å²) in [4.78, 5) is 0. The summed E-state index contributed by atoms with van der Waals surface area (Å²) in [5.74, 6) is 3.75. The third kappa shape index (κ3) is 26.6. The largest absolute Gasteiger partial charge is 0.492 e. The molecule has 4 unspecified atom stereocenters. The summed E-state index contributed by atoms with van der Waals surface area (Å²) in [6, 6.07) is 88.7. The van der Waals surface area contributed by atoms with Crippen LogP contribution in [0.2, 0.25) is 0 Å². The summed E-state index contributed by atoms with van der Waals surface area (Å²) >= 11 is 0. The lowest BCUT2D eigenvalue weighted by Gasteiger charge is -2.34. The molecule has 1 aliphatic carbocycles. The highest BCUT2D eigenvalue weighted by atomic mass is 31.2. The second-order valence-corrected chi connectivity index (χ2v) is 49.5. The first-order valence-corrected chi connectivity index (χ1v) is 60.9. The van der Waals surface area contributed by atoms with Gasteiger partial charge in [0, 0.05) is 135 Å². The molecule has 768 valence electrons. The van der Waals surface area contributed by atoms with E-state index in [1.807, 2.05) is 270 Å². The molecule has 8 bridgehead atoms. The number of methoxy groups -OCH3 is 4. The summed E-state index contributed by atoms with van der Waals surface area (Å²) in [6.45, 7) is 19.0. The van der Waals surface area contributed by atoms with Gasteiger partial charge in [0.2, 0.25) is 23.0 Å². The third-order valence-corrected chi connectivity index (χ3v) is 41.0. The number of hydrogen-bond donors (Lipinski definition) is 0. The molecular weight excluding hydrogens is 1870 g/mol. The molecule has 0 heterocycles. The highest BCUT2D eigenvalue weighted by Crippen LogP contribution is 2.63. The fraction of sp³-hybridized carbons (Fsp3) is 0.419. The van der Waals surface area contributed by atoms with E-state index in [0.29, 0.717) is 171 Å². The second-order valence-electron chi connectivity index (χ2n) is 37.7. The van der Waals surface area contributed by atoms with Crippen molar-refractivity contribution in [2.24, 2.45) is 0 Å². The van der Waals surface area contributed by atoms with Crippen LogP contribution in [0.5, 0.6) is 69.0 Å². The van der Waals surface area contributed by atoms with Crippen molar-refractivity contribution >= 4 is 71.0 Å². The van der Waals surface area contributed by atoms with E-state index in [-0.39, 0.29) is 52.9 Å². The molecule has 144 heavy (non-hydrogen) atoms. The first kappa shape index (κ1) is 110. The zero-order valence-electron chi connectivity index (χ0n) is 87.5. The van der Waals surface area contributed by atoms with E-state index in [1.54, 1.807) is 28.4 Å². The Morgan fingerprint density at radius 2 is 0.347 bits per heavy atom. The van der Waals surface area contributed by atoms with Crippen LogP contribution in [0.3, 0.4) is 0 Å². The van der Waals surface area contributed by atoms with Gasteiger partial charge in [-0.05, 0) is 129 Å². The second kappa shape index (κ2) is 56.2. The highest BCUT2D eigenvalue weighted by molar-refractivity contribution is 7.79. The quantitative estimate of drug-likeness (QED) is 0.0259. The van der Waals surface area contributed by atoms with Gasteiger partial charge in [0.1, 0.15) is 28.6 Å². The van der Waals surface area contributed by atoms with Crippen LogP contribution in [0.4, 0.5) is 0 Å². The lowest BCUT2D eigenvalue weighted by atomic mass is 9.75. The van der Waals surface area contributed by atoms with Crippen molar-refractivity contribution in [1.29, 1.82) is 0 Å². The van der Waals surface area contributed by atoms with Gasteiger partial charge in [-0.1, -0.05) is 347 Å². The molecular formula is C124H156O16P4. The Hall–Kier alpha value is -10.8. The maximum atomic E-state index is 15.9. The monoisotopic (exact) mass is 2030 g/mol. The van der Waals surface area contributed by atoms with Crippen LogP contribution < -0.4 is 99.3 Å². The fourth-order valence-corrected chi connectivity index (χ4v) is 32.2. The van der Waals surface area contributed by atoms with Crippen molar-refractivity contribution in [3.8, 4) is 69.0 Å². The minimum Gasteiger partial charge on any atom is -0.492 e. The average molecular weight is 2030 g/mol. The number of ether oxygens (including phenoxy) is 12. The van der Waals surface area contributed by atoms with E-state index >= 15 is 18.3 Å². The van der Waals surface area contributed by atoms with Crippen molar-refractivity contribution in [3.05, 3.63) is 311 Å². The molecule has 16 nitrogen and oxygen atoms in total. The highest BCUT2D eigenvalue weighted by Gasteiger charge is 2.43. The van der Waals surface area contributed by atoms with E-state index < -0.39 is 52.2 Å². The first-order chi connectivity index (χ1) is 70.5. The van der Waals surface area contributed by atoms with Gasteiger partial charge in [0.05, 0.1) is 81.3 Å². The van der Waals surface area contributed by atoms with E-state index in [2.05, 4.69) is 52.0 Å². The van der Waals surface area contributed by atoms with Gasteiger partial charge < -0.3 is 75.1 Å². The number of unbranched alkanes of at least 4 members (excludes halogenated alkanes) is 12. The average Bonchev–Trinajstić information content (AvgIpc) is 0.725. The van der Waals surface area contributed by atoms with Crippen molar-refractivity contribution < 1.29 is 75.1 Å². The zero-order chi connectivity index (χ0) is 102. The minimum absolute atomic E-state index is 0.211. The van der Waals surface area contributed by atoms with Crippen LogP contribution in [0, 0.1) is 0 Å². The zero-order valence-corrected chi connectivity index (χ0v) is 91.1. The Bertz CT molecular complexity index is 5210. The predicted octanol–water partition coefficient (Wildman–Crippen LogP) is 29.2. The summed E-state index contributed by atoms with van der Waals surface area (Å²) in [7, 11) is -5.60. The molecule has 4 atom stereocenters. The van der Waals surface area contributed by atoms with Crippen LogP contribution in [0.25, 0.3) is 0 Å². The van der Waals surface area contributed by atoms with Gasteiger partial charge in [0.25, 0.3) is 0 Å². The molecule has 0 aromatic heterocycles. The van der Waals surface area contributed by atoms with Gasteiger partial charge in [-0.25, -0.2) is 0 Å². The summed E-state index contributed by atoms with van der Waals surface area (Å²) in [6.07, 6.45) is 18.9. The molecule has 12 aromatic carbocycles. The van der Waals surface area contributed by atoms with Crippen LogP contribution in [0.15, 0.2) is 267 Å². The van der Waals surface area contributed by atoms with Crippen molar-refractivity contribution in [1.82, 2.24) is 0 Å². The number of rotatable bonds is 60. The number of benzene rings is 12. The SMILES string of the molecule is CCCCCC1c2cc(c(OCC)c(OCCCCP(=O)(c3ccccc3)c3ccccc3)c2OC)C(CCCCC)c2cc(c(OCC)c(OCCCCP(=O)(c3ccccc3)c3ccccc3)c2OC)C(CCCCC)c2cc(c(OCC)c(OCCCCP(=O)(c3ccccc3)c3ccccc3)c2OC)C(CCCCC)c2cc1c(OCC)c(OCCCCP(=O)(c1ccccc1)c1ccccc1)c2OC. The molecule has 1 aliphatic rings. The predicted molar refractivity (Wildman–Crippen MR) is 598 cm³/mol. The van der Waals surface area contributed by atoms with E-state index in [1.165, 1.54) is 0 Å². The van der Waals surface area contributed by atoms with Crippen LogP contribution in [-0.4, -0.2) is 106 Å². The standard InChI is InChI=1S/C124H156O16P4/c1-13-21-33-77-101-105-89-110(118(134-18-6)121(113(105)129-9)137-81-53-57-85-141(125,93-61-37-25-38-62-93)94-63-39-26-40-64-94)103(79-35-23-15-3)107-91-112(120(136-20-8)123(115(107)131-11)139-83-55-59-87-143(127,97-69-45-29-46-70-97)98-71-47-30-48-72-98)104(80-36-24-16-4)108-92-111(119(135-19-7)124(116(108)132-12)140-84-56-60-88-144(128,99-73-49-31-50-74-99)100-75-51-32-52-76-100)102(78-34-22-14-2)106-90-109(101)117(133-17-5)122(114(106)130-10)138-82-54-58-86-142(126,95-65-41-27-42-66-95)96-67-43-28-44-68-96/h25-32,37-52,61-76,89-92,101-104H,13-24,33-36,53-60,77-88H2,1-12H3. The fourth-order valence-electron chi connectivity index (χ4n) is 21.0. The molecule has 0 aliphatic heterocycles. The van der Waals surface area contributed by atoms with E-state index in [4.69, 9.17) is 56.8 Å². The summed E-state index contributed by atoms with van der Waals surface area (Å²) in [5.41, 5.74) is 6.80. The van der Waals surface area contributed by atoms with Gasteiger partial charge in [-0.15, -0.1) is 0 Å². The molecule has 0 saturated carbocycles. The van der Waals surface area contributed by atoms with Crippen LogP contribution in [-0.2, 0) is 18.3 Å². The third-order valence-electron chi connectivity index (χ3n) is 28.2. The van der Waals surface area contributed by atoms with Gasteiger partial charge >= 0.3 is 0 Å². The Morgan fingerprint density at radius 1 is 0.188 bits per heavy atom. The summed E-state index contributed by atoms with van der Waals surface area (Å²) in [5, 5.41) is 6.49.